The smallest absolute Gasteiger partial charge is 0.322 e. The number of carbonyl (C=O) groups excluding carboxylic acids is 1. The van der Waals surface area contributed by atoms with Gasteiger partial charge in [-0.1, -0.05) is 35.0 Å². The molecule has 1 aliphatic rings. The second kappa shape index (κ2) is 5.15. The molecule has 2 unspecified atom stereocenters. The quantitative estimate of drug-likeness (QED) is 0.447. The minimum atomic E-state index is -0.570. The largest absolute Gasteiger partial charge is 0.464 e. The Morgan fingerprint density at radius 2 is 2.07 bits per heavy atom. The predicted octanol–water partition coefficient (Wildman–Crippen LogP) is 3.31. The summed E-state index contributed by atoms with van der Waals surface area (Å²) in [5.74, 6) is 0.898. The Hall–Kier alpha value is -0.310. The third-order valence-electron chi connectivity index (χ3n) is 2.70. The van der Waals surface area contributed by atoms with Crippen LogP contribution in [0, 0.1) is 11.8 Å². The molecule has 1 rings (SSSR count). The molecule has 86 valence electrons. The summed E-state index contributed by atoms with van der Waals surface area (Å²) in [7, 11) is 0. The van der Waals surface area contributed by atoms with Crippen LogP contribution in [-0.2, 0) is 9.53 Å². The number of halogens is 1. The zero-order chi connectivity index (χ0) is 11.5. The Labute approximate surface area is 100 Å². The van der Waals surface area contributed by atoms with E-state index in [0.29, 0.717) is 18.4 Å². The number of esters is 1. The van der Waals surface area contributed by atoms with Crippen molar-refractivity contribution < 1.29 is 9.53 Å². The zero-order valence-electron chi connectivity index (χ0n) is 9.63. The van der Waals surface area contributed by atoms with Crippen LogP contribution in [0.3, 0.4) is 0 Å². The van der Waals surface area contributed by atoms with Gasteiger partial charge in [-0.2, -0.15) is 0 Å². The highest BCUT2D eigenvalue weighted by molar-refractivity contribution is 9.10. The van der Waals surface area contributed by atoms with Crippen LogP contribution in [-0.4, -0.2) is 16.9 Å². The van der Waals surface area contributed by atoms with E-state index in [1.165, 1.54) is 6.42 Å². The number of allylic oxidation sites excluding steroid dienone is 1. The molecule has 0 aliphatic heterocycles. The lowest BCUT2D eigenvalue weighted by Gasteiger charge is -2.17. The summed E-state index contributed by atoms with van der Waals surface area (Å²) >= 11 is 3.29. The minimum Gasteiger partial charge on any atom is -0.464 e. The van der Waals surface area contributed by atoms with Gasteiger partial charge in [0.1, 0.15) is 4.32 Å². The molecule has 3 heteroatoms. The lowest BCUT2D eigenvalue weighted by Crippen LogP contribution is -2.28. The molecule has 0 fully saturated rings. The fourth-order valence-corrected chi connectivity index (χ4v) is 1.76. The van der Waals surface area contributed by atoms with Crippen molar-refractivity contribution in [2.24, 2.45) is 11.8 Å². The van der Waals surface area contributed by atoms with E-state index in [1.807, 2.05) is 0 Å². The van der Waals surface area contributed by atoms with Gasteiger partial charge in [-0.15, -0.1) is 0 Å². The average molecular weight is 275 g/mol. The summed E-state index contributed by atoms with van der Waals surface area (Å²) in [4.78, 5) is 11.5. The molecule has 2 atom stereocenters. The van der Waals surface area contributed by atoms with Crippen molar-refractivity contribution in [2.45, 2.75) is 37.9 Å². The molecule has 0 radical (unpaired) electrons. The Morgan fingerprint density at radius 3 is 2.53 bits per heavy atom. The highest BCUT2D eigenvalue weighted by Crippen LogP contribution is 2.26. The monoisotopic (exact) mass is 274 g/mol. The first-order valence-corrected chi connectivity index (χ1v) is 6.27. The normalized spacial score (nSPS) is 25.6. The van der Waals surface area contributed by atoms with Crippen molar-refractivity contribution in [1.29, 1.82) is 0 Å². The number of ether oxygens (including phenoxy) is 1. The van der Waals surface area contributed by atoms with Crippen LogP contribution in [0.25, 0.3) is 0 Å². The van der Waals surface area contributed by atoms with E-state index in [4.69, 9.17) is 4.74 Å². The van der Waals surface area contributed by atoms with Crippen molar-refractivity contribution in [3.8, 4) is 0 Å². The van der Waals surface area contributed by atoms with E-state index in [-0.39, 0.29) is 5.97 Å². The fraction of sp³-hybridized carbons (Fsp3) is 0.750. The van der Waals surface area contributed by atoms with Gasteiger partial charge in [0, 0.05) is 5.92 Å². The third-order valence-corrected chi connectivity index (χ3v) is 3.02. The summed E-state index contributed by atoms with van der Waals surface area (Å²) in [6, 6.07) is 0. The van der Waals surface area contributed by atoms with E-state index in [1.54, 1.807) is 13.8 Å². The van der Waals surface area contributed by atoms with Crippen LogP contribution in [0.15, 0.2) is 12.2 Å². The molecular weight excluding hydrogens is 256 g/mol. The number of alkyl halides is 1. The molecule has 15 heavy (non-hydrogen) atoms. The first-order chi connectivity index (χ1) is 6.93. The maximum Gasteiger partial charge on any atom is 0.322 e. The van der Waals surface area contributed by atoms with Gasteiger partial charge >= 0.3 is 5.97 Å². The molecule has 0 spiro atoms. The van der Waals surface area contributed by atoms with Crippen LogP contribution in [0.5, 0.6) is 0 Å². The van der Waals surface area contributed by atoms with Gasteiger partial charge in [0.05, 0.1) is 6.61 Å². The Bertz CT molecular complexity index is 253. The van der Waals surface area contributed by atoms with Crippen LogP contribution in [0.4, 0.5) is 0 Å². The first kappa shape index (κ1) is 12.8. The minimum absolute atomic E-state index is 0.184. The van der Waals surface area contributed by atoms with E-state index < -0.39 is 4.32 Å². The number of rotatable bonds is 4. The van der Waals surface area contributed by atoms with Crippen molar-refractivity contribution in [3.63, 3.8) is 0 Å². The number of hydrogen-bond acceptors (Lipinski definition) is 2. The van der Waals surface area contributed by atoms with Gasteiger partial charge in [-0.05, 0) is 32.6 Å². The topological polar surface area (TPSA) is 26.3 Å². The molecule has 0 saturated heterocycles. The van der Waals surface area contributed by atoms with Crippen molar-refractivity contribution >= 4 is 21.9 Å². The van der Waals surface area contributed by atoms with Crippen LogP contribution in [0.1, 0.15) is 33.6 Å². The van der Waals surface area contributed by atoms with Crippen molar-refractivity contribution in [1.82, 2.24) is 0 Å². The molecule has 0 aromatic heterocycles. The summed E-state index contributed by atoms with van der Waals surface area (Å²) in [6.45, 7) is 6.30. The molecule has 2 nitrogen and oxygen atoms in total. The molecule has 1 aliphatic carbocycles. The maximum absolute atomic E-state index is 11.5. The summed E-state index contributed by atoms with van der Waals surface area (Å²) in [5.41, 5.74) is 0. The summed E-state index contributed by atoms with van der Waals surface area (Å²) in [6.07, 6.45) is 6.69. The van der Waals surface area contributed by atoms with E-state index in [2.05, 4.69) is 35.0 Å². The summed E-state index contributed by atoms with van der Waals surface area (Å²) < 4.78 is 4.68. The van der Waals surface area contributed by atoms with Gasteiger partial charge < -0.3 is 4.74 Å². The second-order valence-electron chi connectivity index (χ2n) is 4.62. The molecule has 0 N–H and O–H groups in total. The van der Waals surface area contributed by atoms with Gasteiger partial charge in [0.15, 0.2) is 0 Å². The highest BCUT2D eigenvalue weighted by Gasteiger charge is 2.27. The lowest BCUT2D eigenvalue weighted by atomic mass is 10.0. The Balaban J connectivity index is 2.28. The van der Waals surface area contributed by atoms with Crippen molar-refractivity contribution in [3.05, 3.63) is 12.2 Å². The average Bonchev–Trinajstić information content (AvgIpc) is 2.60. The predicted molar refractivity (Wildman–Crippen MR) is 65.0 cm³/mol. The Kier molecular flexibility index (Phi) is 4.38. The molecular formula is C12H19BrO2. The first-order valence-electron chi connectivity index (χ1n) is 5.48. The van der Waals surface area contributed by atoms with E-state index in [0.717, 1.165) is 6.42 Å². The molecule has 0 aromatic carbocycles. The van der Waals surface area contributed by atoms with Gasteiger partial charge in [0.25, 0.3) is 0 Å². The summed E-state index contributed by atoms with van der Waals surface area (Å²) in [5, 5.41) is 0. The maximum atomic E-state index is 11.5. The standard InChI is InChI=1S/C12H19BrO2/c1-4-9-5-6-10(7-9)8-15-11(14)12(2,3)13/h5-6,9-10H,4,7-8H2,1-3H3. The van der Waals surface area contributed by atoms with Gasteiger partial charge in [-0.3, -0.25) is 4.79 Å². The van der Waals surface area contributed by atoms with E-state index in [9.17, 15) is 4.79 Å². The van der Waals surface area contributed by atoms with Gasteiger partial charge in [-0.25, -0.2) is 0 Å². The third kappa shape index (κ3) is 3.98. The molecule has 0 amide bonds. The molecule has 0 bridgehead atoms. The van der Waals surface area contributed by atoms with Crippen LogP contribution >= 0.6 is 15.9 Å². The Morgan fingerprint density at radius 1 is 1.47 bits per heavy atom. The van der Waals surface area contributed by atoms with Crippen LogP contribution < -0.4 is 0 Å². The number of hydrogen-bond donors (Lipinski definition) is 0. The van der Waals surface area contributed by atoms with Gasteiger partial charge in [0.2, 0.25) is 0 Å². The number of carbonyl (C=O) groups is 1. The molecule has 0 aromatic rings. The molecule has 0 heterocycles. The van der Waals surface area contributed by atoms with E-state index >= 15 is 0 Å². The second-order valence-corrected chi connectivity index (χ2v) is 6.60. The van der Waals surface area contributed by atoms with Crippen molar-refractivity contribution in [2.75, 3.05) is 6.61 Å². The fourth-order valence-electron chi connectivity index (χ4n) is 1.64. The zero-order valence-corrected chi connectivity index (χ0v) is 11.2. The SMILES string of the molecule is CCC1C=CC(COC(=O)C(C)(C)Br)C1. The molecule has 0 saturated carbocycles. The highest BCUT2D eigenvalue weighted by atomic mass is 79.9. The van der Waals surface area contributed by atoms with Crippen LogP contribution in [0.2, 0.25) is 0 Å². The lowest BCUT2D eigenvalue weighted by molar-refractivity contribution is -0.146.